The third kappa shape index (κ3) is 2770000. The molecule has 14 N–H and O–H groups in total. The Morgan fingerprint density at radius 1 is 0.387 bits per heavy atom. The van der Waals surface area contributed by atoms with Gasteiger partial charge in [0.2, 0.25) is 0 Å². The SMILES string of the molecule is O.O.O=[Si]([O-])O.O=[Si]([O-])O.O=[Si]([O-])O.O=[Si]([O-])O.O=[Si]([O-])O.[Al+3].[Al+3].[Cu+2].[Cu+2].[OH-].[OH-].[OH-].[OH-].[OH-]. The van der Waals surface area contributed by atoms with Crippen molar-refractivity contribution in [3.8, 4) is 0 Å². The van der Waals surface area contributed by atoms with E-state index in [1.165, 1.54) is 0 Å². The molecule has 0 unspecified atom stereocenters. The molecule has 0 atom stereocenters. The van der Waals surface area contributed by atoms with Crippen molar-refractivity contribution in [1.29, 1.82) is 0 Å². The van der Waals surface area contributed by atoms with Crippen LogP contribution in [0.4, 0.5) is 0 Å². The van der Waals surface area contributed by atoms with Crippen molar-refractivity contribution >= 4 is 80.6 Å². The molecule has 0 heterocycles. The van der Waals surface area contributed by atoms with E-state index < -0.39 is 45.9 Å². The van der Waals surface area contributed by atoms with Crippen LogP contribution in [0.2, 0.25) is 0 Å². The average molecular weight is 688 g/mol. The van der Waals surface area contributed by atoms with Crippen LogP contribution in [0.1, 0.15) is 0 Å². The van der Waals surface area contributed by atoms with Crippen LogP contribution < -0.4 is 24.0 Å². The fourth-order valence-corrected chi connectivity index (χ4v) is 0. The van der Waals surface area contributed by atoms with Crippen LogP contribution in [-0.2, 0) is 56.4 Å². The van der Waals surface area contributed by atoms with Crippen LogP contribution in [0.25, 0.3) is 0 Å². The summed E-state index contributed by atoms with van der Waals surface area (Å²) in [5.41, 5.74) is 0. The summed E-state index contributed by atoms with van der Waals surface area (Å²) in [6, 6.07) is 0. The standard InChI is InChI=1S/2Al.2Cu.5HO3Si.7H2O/c;;;;5*1-4(2)3;;;;;;;/h;;;;5*1H;7*1H2/q2*+3;2*+2;5*-1;;;;;;;/p-5. The molecule has 2 radical (unpaired) electrons. The molecule has 0 saturated heterocycles. The summed E-state index contributed by atoms with van der Waals surface area (Å²) in [6.07, 6.45) is 0. The average Bonchev–Trinajstić information content (AvgIpc) is 1.94. The summed E-state index contributed by atoms with van der Waals surface area (Å²) in [5.74, 6) is 0. The Kier molecular flexibility index (Phi) is 451. The minimum absolute atomic E-state index is 0. The topological polar surface area (TPSA) is 515 Å². The predicted octanol–water partition coefficient (Wildman–Crippen LogP) is -14.5. The first-order chi connectivity index (χ1) is 8.66. The predicted molar refractivity (Wildman–Crippen MR) is 71.7 cm³/mol. The Balaban J connectivity index is -0.00000000595. The summed E-state index contributed by atoms with van der Waals surface area (Å²) in [4.78, 5) is 78.4. The van der Waals surface area contributed by atoms with E-state index in [4.69, 9.17) is 70.3 Å². The molecule has 22 nitrogen and oxygen atoms in total. The van der Waals surface area contributed by atoms with Gasteiger partial charge in [0.15, 0.2) is 0 Å². The van der Waals surface area contributed by atoms with Gasteiger partial charge in [-0.1, -0.05) is 0 Å². The zero-order valence-corrected chi connectivity index (χ0v) is 23.0. The Bertz CT molecular complexity index is 225. The minimum atomic E-state index is -3.38. The fraction of sp³-hybridized carbons (Fsp3) is 0. The molecule has 0 aromatic carbocycles. The molecule has 0 spiro atoms. The second kappa shape index (κ2) is 112. The van der Waals surface area contributed by atoms with Crippen molar-refractivity contribution in [3.63, 3.8) is 0 Å². The molecule has 0 aromatic heterocycles. The van der Waals surface area contributed by atoms with E-state index in [1.54, 1.807) is 0 Å². The number of hydrogen-bond acceptors (Lipinski definition) is 15. The number of hydrogen-bond donors (Lipinski definition) is 5. The molecular weight excluding hydrogens is 673 g/mol. The maximum Gasteiger partial charge on any atom is 3.00 e. The monoisotopic (exact) mass is 686 g/mol. The molecule has 31 heavy (non-hydrogen) atoms. The molecule has 0 aliphatic rings. The summed E-state index contributed by atoms with van der Waals surface area (Å²) >= 11 is 0. The second-order valence-electron chi connectivity index (χ2n) is 1.33. The maximum absolute atomic E-state index is 8.63. The zero-order valence-electron chi connectivity index (χ0n) is 13.8. The first kappa shape index (κ1) is 124. The Labute approximate surface area is 222 Å². The van der Waals surface area contributed by atoms with Gasteiger partial charge in [-0.3, -0.25) is 0 Å². The normalized spacial score (nSPS) is 3.87. The van der Waals surface area contributed by atoms with Crippen molar-refractivity contribution in [2.45, 2.75) is 0 Å². The molecule has 0 aromatic rings. The molecule has 0 fully saturated rings. The van der Waals surface area contributed by atoms with Crippen LogP contribution in [0.3, 0.4) is 0 Å². The first-order valence-electron chi connectivity index (χ1n) is 3.16. The molecule has 0 saturated carbocycles. The Morgan fingerprint density at radius 3 is 0.387 bits per heavy atom. The van der Waals surface area contributed by atoms with Crippen LogP contribution in [0.15, 0.2) is 0 Å². The van der Waals surface area contributed by atoms with Gasteiger partial charge in [0.25, 0.3) is 0 Å². The van der Waals surface area contributed by atoms with E-state index >= 15 is 0 Å². The van der Waals surface area contributed by atoms with Crippen LogP contribution in [-0.4, -0.2) is 143 Å². The van der Waals surface area contributed by atoms with Crippen molar-refractivity contribution in [1.82, 2.24) is 0 Å². The quantitative estimate of drug-likeness (QED) is 0.147. The third-order valence-corrected chi connectivity index (χ3v) is 0. The van der Waals surface area contributed by atoms with E-state index in [9.17, 15) is 0 Å². The van der Waals surface area contributed by atoms with Gasteiger partial charge >= 0.3 is 115 Å². The minimum Gasteiger partial charge on any atom is -0.870 e. The fourth-order valence-electron chi connectivity index (χ4n) is 0. The summed E-state index contributed by atoms with van der Waals surface area (Å²) in [5, 5.41) is 0. The maximum atomic E-state index is 8.63. The van der Waals surface area contributed by atoms with Crippen LogP contribution in [0, 0.1) is 0 Å². The molecule has 194 valence electrons. The number of rotatable bonds is 0. The molecule has 31 heteroatoms. The van der Waals surface area contributed by atoms with Gasteiger partial charge in [0.1, 0.15) is 0 Å². The molecule has 0 rings (SSSR count). The zero-order chi connectivity index (χ0) is 17.9. The Morgan fingerprint density at radius 2 is 0.387 bits per heavy atom. The van der Waals surface area contributed by atoms with Crippen LogP contribution in [0.5, 0.6) is 0 Å². The summed E-state index contributed by atoms with van der Waals surface area (Å²) in [7, 11) is -16.9. The molecule has 0 bridgehead atoms. The van der Waals surface area contributed by atoms with Crippen LogP contribution >= 0.6 is 0 Å². The van der Waals surface area contributed by atoms with Crippen molar-refractivity contribution in [2.24, 2.45) is 0 Å². The van der Waals surface area contributed by atoms with Crippen molar-refractivity contribution in [2.75, 3.05) is 0 Å². The van der Waals surface area contributed by atoms with Gasteiger partial charge in [-0.25, -0.2) is 0 Å². The van der Waals surface area contributed by atoms with Gasteiger partial charge in [-0.05, 0) is 0 Å². The van der Waals surface area contributed by atoms with Gasteiger partial charge in [-0.15, -0.1) is 0 Å². The van der Waals surface area contributed by atoms with E-state index in [2.05, 4.69) is 0 Å². The second-order valence-corrected chi connectivity index (χ2v) is 3.99. The molecular formula is H14Al2Cu2O22Si5. The van der Waals surface area contributed by atoms with Gasteiger partial charge in [-0.2, -0.15) is 0 Å². The molecule has 0 aliphatic carbocycles. The first-order valence-corrected chi connectivity index (χ1v) is 9.48. The smallest absolute Gasteiger partial charge is 0.870 e. The van der Waals surface area contributed by atoms with E-state index in [1.807, 2.05) is 0 Å². The van der Waals surface area contributed by atoms with E-state index in [-0.39, 0.29) is 107 Å². The largest absolute Gasteiger partial charge is 3.00 e. The Hall–Kier alpha value is -0.0917. The van der Waals surface area contributed by atoms with Gasteiger partial charge < -0.3 is 109 Å². The molecule has 0 aliphatic heterocycles. The van der Waals surface area contributed by atoms with Crippen molar-refractivity contribution < 1.29 is 143 Å². The third-order valence-electron chi connectivity index (χ3n) is 0. The van der Waals surface area contributed by atoms with E-state index in [0.717, 1.165) is 0 Å². The summed E-state index contributed by atoms with van der Waals surface area (Å²) < 4.78 is 43.1. The van der Waals surface area contributed by atoms with Gasteiger partial charge in [0, 0.05) is 0 Å². The summed E-state index contributed by atoms with van der Waals surface area (Å²) in [6.45, 7) is 0. The van der Waals surface area contributed by atoms with E-state index in [0.29, 0.717) is 0 Å². The van der Waals surface area contributed by atoms with Gasteiger partial charge in [0.05, 0.1) is 0 Å². The molecule has 0 amide bonds. The van der Waals surface area contributed by atoms with Crippen molar-refractivity contribution in [3.05, 3.63) is 0 Å².